The molecule has 0 aromatic carbocycles. The average Bonchev–Trinajstić information content (AvgIpc) is 2.93. The van der Waals surface area contributed by atoms with Gasteiger partial charge in [-0.3, -0.25) is 4.68 Å². The van der Waals surface area contributed by atoms with Gasteiger partial charge in [0.25, 0.3) is 0 Å². The molecule has 1 fully saturated rings. The van der Waals surface area contributed by atoms with Gasteiger partial charge in [-0.1, -0.05) is 0 Å². The third-order valence-electron chi connectivity index (χ3n) is 2.89. The van der Waals surface area contributed by atoms with Crippen LogP contribution in [0.25, 0.3) is 0 Å². The van der Waals surface area contributed by atoms with Crippen molar-refractivity contribution in [3.63, 3.8) is 0 Å². The lowest BCUT2D eigenvalue weighted by atomic mass is 10.2. The molecule has 0 unspecified atom stereocenters. The first kappa shape index (κ1) is 12.4. The van der Waals surface area contributed by atoms with Gasteiger partial charge >= 0.3 is 6.18 Å². The fraction of sp³-hybridized carbons (Fsp3) is 0.727. The van der Waals surface area contributed by atoms with E-state index in [1.165, 1.54) is 4.68 Å². The van der Waals surface area contributed by atoms with Crippen molar-refractivity contribution in [3.05, 3.63) is 17.5 Å². The summed E-state index contributed by atoms with van der Waals surface area (Å²) in [6, 6.07) is 0. The Morgan fingerprint density at radius 3 is 2.71 bits per heavy atom. The molecule has 0 radical (unpaired) electrons. The number of hydrogen-bond acceptors (Lipinski definition) is 2. The summed E-state index contributed by atoms with van der Waals surface area (Å²) in [6.45, 7) is 1.14. The standard InChI is InChI=1S/C11H16F3N3/c1-15-5-4-9-7-17(6-8-2-3-8)16-10(9)11(12,13)14/h7-8,15H,2-6H2,1H3. The van der Waals surface area contributed by atoms with Gasteiger partial charge in [-0.25, -0.2) is 0 Å². The fourth-order valence-electron chi connectivity index (χ4n) is 1.80. The van der Waals surface area contributed by atoms with Gasteiger partial charge in [-0.2, -0.15) is 18.3 Å². The van der Waals surface area contributed by atoms with Gasteiger partial charge in [0.15, 0.2) is 5.69 Å². The van der Waals surface area contributed by atoms with Gasteiger partial charge in [0, 0.05) is 18.3 Å². The molecule has 0 amide bonds. The van der Waals surface area contributed by atoms with Crippen molar-refractivity contribution in [1.82, 2.24) is 15.1 Å². The molecule has 0 aliphatic heterocycles. The van der Waals surface area contributed by atoms with Crippen molar-refractivity contribution in [3.8, 4) is 0 Å². The first-order chi connectivity index (χ1) is 8.00. The van der Waals surface area contributed by atoms with Crippen molar-refractivity contribution in [2.75, 3.05) is 13.6 Å². The van der Waals surface area contributed by atoms with E-state index in [2.05, 4.69) is 10.4 Å². The van der Waals surface area contributed by atoms with Gasteiger partial charge in [-0.05, 0) is 38.8 Å². The minimum atomic E-state index is -4.35. The molecule has 1 heterocycles. The molecule has 0 saturated heterocycles. The van der Waals surface area contributed by atoms with Gasteiger partial charge in [-0.15, -0.1) is 0 Å². The molecule has 0 spiro atoms. The van der Waals surface area contributed by atoms with Gasteiger partial charge in [0.05, 0.1) is 0 Å². The Hall–Kier alpha value is -1.04. The second kappa shape index (κ2) is 4.68. The SMILES string of the molecule is CNCCc1cn(CC2CC2)nc1C(F)(F)F. The molecule has 0 atom stereocenters. The molecule has 96 valence electrons. The fourth-order valence-corrected chi connectivity index (χ4v) is 1.80. The van der Waals surface area contributed by atoms with Crippen LogP contribution in [0.15, 0.2) is 6.20 Å². The third-order valence-corrected chi connectivity index (χ3v) is 2.89. The van der Waals surface area contributed by atoms with E-state index in [1.807, 2.05) is 0 Å². The summed E-state index contributed by atoms with van der Waals surface area (Å²) in [6.07, 6.45) is -0.244. The van der Waals surface area contributed by atoms with Gasteiger partial charge < -0.3 is 5.32 Å². The Morgan fingerprint density at radius 1 is 1.47 bits per heavy atom. The normalized spacial score (nSPS) is 16.5. The molecule has 1 aliphatic rings. The van der Waals surface area contributed by atoms with E-state index >= 15 is 0 Å². The number of rotatable bonds is 5. The molecule has 2 rings (SSSR count). The summed E-state index contributed by atoms with van der Waals surface area (Å²) in [5, 5.41) is 6.53. The molecule has 3 nitrogen and oxygen atoms in total. The minimum absolute atomic E-state index is 0.285. The van der Waals surface area contributed by atoms with E-state index in [9.17, 15) is 13.2 Å². The summed E-state index contributed by atoms with van der Waals surface area (Å²) >= 11 is 0. The first-order valence-corrected chi connectivity index (χ1v) is 5.79. The Kier molecular flexibility index (Phi) is 3.42. The van der Waals surface area contributed by atoms with Crippen molar-refractivity contribution < 1.29 is 13.2 Å². The van der Waals surface area contributed by atoms with Crippen molar-refractivity contribution in [2.45, 2.75) is 32.0 Å². The Balaban J connectivity index is 2.16. The number of nitrogens with zero attached hydrogens (tertiary/aromatic N) is 2. The molecule has 1 aliphatic carbocycles. The highest BCUT2D eigenvalue weighted by atomic mass is 19.4. The summed E-state index contributed by atoms with van der Waals surface area (Å²) in [5.41, 5.74) is -0.444. The highest BCUT2D eigenvalue weighted by Gasteiger charge is 2.37. The molecule has 17 heavy (non-hydrogen) atoms. The lowest BCUT2D eigenvalue weighted by Gasteiger charge is -2.05. The lowest BCUT2D eigenvalue weighted by molar-refractivity contribution is -0.142. The molecule has 1 saturated carbocycles. The van der Waals surface area contributed by atoms with Crippen LogP contribution in [-0.4, -0.2) is 23.4 Å². The zero-order chi connectivity index (χ0) is 12.5. The second-order valence-corrected chi connectivity index (χ2v) is 4.52. The molecule has 1 aromatic rings. The largest absolute Gasteiger partial charge is 0.435 e. The monoisotopic (exact) mass is 247 g/mol. The number of aromatic nitrogens is 2. The summed E-state index contributed by atoms with van der Waals surface area (Å²) in [5.74, 6) is 0.521. The van der Waals surface area contributed by atoms with E-state index in [0.717, 1.165) is 12.8 Å². The van der Waals surface area contributed by atoms with Gasteiger partial charge in [0.1, 0.15) is 0 Å². The maximum absolute atomic E-state index is 12.7. The molecular formula is C11H16F3N3. The van der Waals surface area contributed by atoms with Crippen LogP contribution < -0.4 is 5.32 Å². The second-order valence-electron chi connectivity index (χ2n) is 4.52. The predicted octanol–water partition coefficient (Wildman–Crippen LogP) is 2.07. The zero-order valence-electron chi connectivity index (χ0n) is 9.72. The van der Waals surface area contributed by atoms with Crippen LogP contribution in [0, 0.1) is 5.92 Å². The van der Waals surface area contributed by atoms with Crippen LogP contribution in [0.4, 0.5) is 13.2 Å². The van der Waals surface area contributed by atoms with Crippen LogP contribution in [-0.2, 0) is 19.1 Å². The Morgan fingerprint density at radius 2 is 2.18 bits per heavy atom. The van der Waals surface area contributed by atoms with Crippen molar-refractivity contribution in [1.29, 1.82) is 0 Å². The maximum atomic E-state index is 12.7. The van der Waals surface area contributed by atoms with Gasteiger partial charge in [0.2, 0.25) is 0 Å². The topological polar surface area (TPSA) is 29.9 Å². The zero-order valence-corrected chi connectivity index (χ0v) is 9.72. The van der Waals surface area contributed by atoms with Crippen LogP contribution >= 0.6 is 0 Å². The number of halogens is 3. The molecular weight excluding hydrogens is 231 g/mol. The van der Waals surface area contributed by atoms with E-state index < -0.39 is 11.9 Å². The molecule has 1 N–H and O–H groups in total. The van der Waals surface area contributed by atoms with Crippen molar-refractivity contribution >= 4 is 0 Å². The van der Waals surface area contributed by atoms with E-state index in [1.54, 1.807) is 13.2 Å². The number of likely N-dealkylation sites (N-methyl/N-ethyl adjacent to an activating group) is 1. The highest BCUT2D eigenvalue weighted by molar-refractivity contribution is 5.20. The number of hydrogen-bond donors (Lipinski definition) is 1. The average molecular weight is 247 g/mol. The smallest absolute Gasteiger partial charge is 0.319 e. The Labute approximate surface area is 98.0 Å². The highest BCUT2D eigenvalue weighted by Crippen LogP contribution is 2.33. The number of alkyl halides is 3. The summed E-state index contributed by atoms with van der Waals surface area (Å²) in [4.78, 5) is 0. The maximum Gasteiger partial charge on any atom is 0.435 e. The number of nitrogens with one attached hydrogen (secondary N) is 1. The van der Waals surface area contributed by atoms with Crippen LogP contribution in [0.2, 0.25) is 0 Å². The molecule has 6 heteroatoms. The van der Waals surface area contributed by atoms with Crippen LogP contribution in [0.3, 0.4) is 0 Å². The summed E-state index contributed by atoms with van der Waals surface area (Å²) < 4.78 is 39.7. The van der Waals surface area contributed by atoms with E-state index in [-0.39, 0.29) is 5.56 Å². The Bertz CT molecular complexity index is 380. The van der Waals surface area contributed by atoms with Crippen molar-refractivity contribution in [2.24, 2.45) is 5.92 Å². The molecule has 0 bridgehead atoms. The lowest BCUT2D eigenvalue weighted by Crippen LogP contribution is -2.14. The summed E-state index contributed by atoms with van der Waals surface area (Å²) in [7, 11) is 1.72. The van der Waals surface area contributed by atoms with E-state index in [0.29, 0.717) is 25.4 Å². The van der Waals surface area contributed by atoms with E-state index in [4.69, 9.17) is 0 Å². The van der Waals surface area contributed by atoms with Crippen LogP contribution in [0.1, 0.15) is 24.1 Å². The quantitative estimate of drug-likeness (QED) is 0.863. The van der Waals surface area contributed by atoms with Crippen LogP contribution in [0.5, 0.6) is 0 Å². The first-order valence-electron chi connectivity index (χ1n) is 5.79. The third kappa shape index (κ3) is 3.21. The predicted molar refractivity (Wildman–Crippen MR) is 57.6 cm³/mol. The molecule has 1 aromatic heterocycles. The minimum Gasteiger partial charge on any atom is -0.319 e.